The summed E-state index contributed by atoms with van der Waals surface area (Å²) in [6, 6.07) is 8.95. The van der Waals surface area contributed by atoms with Crippen molar-refractivity contribution >= 4 is 62.5 Å². The number of amides is 1. The van der Waals surface area contributed by atoms with Gasteiger partial charge >= 0.3 is 12.1 Å². The van der Waals surface area contributed by atoms with Gasteiger partial charge in [-0.25, -0.2) is 4.39 Å². The molecule has 0 aliphatic carbocycles. The monoisotopic (exact) mass is 673 g/mol. The third-order valence-electron chi connectivity index (χ3n) is 5.43. The van der Waals surface area contributed by atoms with Crippen LogP contribution in [-0.2, 0) is 15.8 Å². The lowest BCUT2D eigenvalue weighted by molar-refractivity contribution is -0.143. The molecule has 2 N–H and O–H groups in total. The summed E-state index contributed by atoms with van der Waals surface area (Å²) in [6.45, 7) is 1.99. The lowest BCUT2D eigenvalue weighted by Crippen LogP contribution is -2.21. The Kier molecular flexibility index (Phi) is 9.74. The van der Waals surface area contributed by atoms with Crippen LogP contribution < -0.4 is 10.1 Å². The number of carboxylic acid groups (broad SMARTS) is 1. The van der Waals surface area contributed by atoms with E-state index in [0.717, 1.165) is 6.07 Å². The summed E-state index contributed by atoms with van der Waals surface area (Å²) < 4.78 is 59.9. The fourth-order valence-corrected chi connectivity index (χ4v) is 4.07. The highest BCUT2D eigenvalue weighted by molar-refractivity contribution is 9.10. The fourth-order valence-electron chi connectivity index (χ4n) is 3.19. The Morgan fingerprint density at radius 3 is 2.37 bits per heavy atom. The standard InChI is InChI=1S/C28H18BrCl2F4NO5/c1-27(2,26(39)40)8-7-14-3-5-20(23(31)24(14)32)36-22(37)13-41-21-6-4-18(30)12-19(21)25(38)15-9-16(28(33,34)35)11-17(29)10-15/h3-6,9-12H,13H2,1-2H3,(H,36,37)(H,39,40). The van der Waals surface area contributed by atoms with Crippen LogP contribution in [0, 0.1) is 23.1 Å². The second-order valence-corrected chi connectivity index (χ2v) is 10.7. The number of hydrogen-bond acceptors (Lipinski definition) is 4. The zero-order chi connectivity index (χ0) is 30.7. The molecule has 0 saturated heterocycles. The first kappa shape index (κ1) is 31.9. The summed E-state index contributed by atoms with van der Waals surface area (Å²) in [7, 11) is 0. The summed E-state index contributed by atoms with van der Waals surface area (Å²) in [4.78, 5) is 36.8. The van der Waals surface area contributed by atoms with Crippen molar-refractivity contribution in [2.75, 3.05) is 11.9 Å². The van der Waals surface area contributed by atoms with E-state index in [2.05, 4.69) is 33.1 Å². The third-order valence-corrected chi connectivity index (χ3v) is 6.50. The Morgan fingerprint density at radius 1 is 1.05 bits per heavy atom. The molecular weight excluding hydrogens is 657 g/mol. The quantitative estimate of drug-likeness (QED) is 0.153. The first-order valence-corrected chi connectivity index (χ1v) is 12.9. The van der Waals surface area contributed by atoms with E-state index in [0.29, 0.717) is 6.07 Å². The highest BCUT2D eigenvalue weighted by atomic mass is 79.9. The van der Waals surface area contributed by atoms with E-state index < -0.39 is 52.3 Å². The number of carbonyl (C=O) groups excluding carboxylic acids is 2. The summed E-state index contributed by atoms with van der Waals surface area (Å²) in [5.41, 5.74) is -3.33. The lowest BCUT2D eigenvalue weighted by atomic mass is 9.94. The molecule has 0 spiro atoms. The number of alkyl halides is 3. The average molecular weight is 675 g/mol. The molecule has 0 aliphatic rings. The van der Waals surface area contributed by atoms with Crippen LogP contribution in [0.2, 0.25) is 10.0 Å². The summed E-state index contributed by atoms with van der Waals surface area (Å²) in [6.07, 6.45) is -4.70. The lowest BCUT2D eigenvalue weighted by Gasteiger charge is -2.14. The Hall–Kier alpha value is -3.59. The minimum atomic E-state index is -4.70. The van der Waals surface area contributed by atoms with Gasteiger partial charge in [0.2, 0.25) is 0 Å². The minimum absolute atomic E-state index is 0.0197. The summed E-state index contributed by atoms with van der Waals surface area (Å²) >= 11 is 15.0. The molecule has 13 heteroatoms. The molecular formula is C28H18BrCl2F4NO5. The van der Waals surface area contributed by atoms with Crippen molar-refractivity contribution in [1.82, 2.24) is 0 Å². The maximum absolute atomic E-state index is 14.7. The predicted octanol–water partition coefficient (Wildman–Crippen LogP) is 7.62. The van der Waals surface area contributed by atoms with Crippen LogP contribution in [0.1, 0.15) is 40.9 Å². The van der Waals surface area contributed by atoms with Crippen molar-refractivity contribution in [3.63, 3.8) is 0 Å². The first-order chi connectivity index (χ1) is 19.0. The van der Waals surface area contributed by atoms with E-state index >= 15 is 0 Å². The van der Waals surface area contributed by atoms with Crippen LogP contribution in [0.5, 0.6) is 5.75 Å². The second-order valence-electron chi connectivity index (χ2n) is 9.00. The normalized spacial score (nSPS) is 11.3. The van der Waals surface area contributed by atoms with Crippen LogP contribution >= 0.6 is 39.1 Å². The number of aliphatic carboxylic acids is 1. The van der Waals surface area contributed by atoms with Crippen LogP contribution in [-0.4, -0.2) is 29.4 Å². The van der Waals surface area contributed by atoms with Crippen LogP contribution in [0.25, 0.3) is 0 Å². The number of ether oxygens (including phenoxy) is 1. The molecule has 1 amide bonds. The van der Waals surface area contributed by atoms with E-state index in [1.807, 2.05) is 0 Å². The van der Waals surface area contributed by atoms with E-state index in [4.69, 9.17) is 33.0 Å². The molecule has 214 valence electrons. The number of nitrogens with one attached hydrogen (secondary N) is 1. The fraction of sp³-hybridized carbons (Fsp3) is 0.179. The molecule has 0 fully saturated rings. The van der Waals surface area contributed by atoms with Crippen LogP contribution in [0.15, 0.2) is 53.0 Å². The number of carbonyl (C=O) groups is 3. The summed E-state index contributed by atoms with van der Waals surface area (Å²) in [5, 5.41) is 11.1. The first-order valence-electron chi connectivity index (χ1n) is 11.4. The van der Waals surface area contributed by atoms with Gasteiger partial charge in [-0.2, -0.15) is 13.2 Å². The molecule has 3 aromatic rings. The topological polar surface area (TPSA) is 92.7 Å². The average Bonchev–Trinajstić information content (AvgIpc) is 2.88. The highest BCUT2D eigenvalue weighted by Crippen LogP contribution is 2.34. The molecule has 0 atom stereocenters. The van der Waals surface area contributed by atoms with Crippen LogP contribution in [0.4, 0.5) is 23.2 Å². The molecule has 0 bridgehead atoms. The van der Waals surface area contributed by atoms with Crippen LogP contribution in [0.3, 0.4) is 0 Å². The molecule has 3 rings (SSSR count). The zero-order valence-corrected chi connectivity index (χ0v) is 24.1. The number of halogens is 7. The maximum atomic E-state index is 14.7. The van der Waals surface area contributed by atoms with E-state index in [1.54, 1.807) is 0 Å². The number of carboxylic acids is 1. The van der Waals surface area contributed by atoms with E-state index in [9.17, 15) is 31.9 Å². The molecule has 0 unspecified atom stereocenters. The SMILES string of the molecule is CC(C)(C#Cc1ccc(NC(=O)COc2ccc(Cl)cc2C(=O)c2cc(Br)cc(C(F)(F)F)c2)c(Cl)c1F)C(=O)O. The zero-order valence-electron chi connectivity index (χ0n) is 21.1. The predicted molar refractivity (Wildman–Crippen MR) is 148 cm³/mol. The Morgan fingerprint density at radius 2 is 1.73 bits per heavy atom. The van der Waals surface area contributed by atoms with Gasteiger partial charge in [-0.1, -0.05) is 51.0 Å². The molecule has 3 aromatic carbocycles. The van der Waals surface area contributed by atoms with Gasteiger partial charge in [-0.3, -0.25) is 14.4 Å². The smallest absolute Gasteiger partial charge is 0.416 e. The number of anilines is 1. The van der Waals surface area contributed by atoms with Crippen molar-refractivity contribution < 1.29 is 41.8 Å². The molecule has 0 aromatic heterocycles. The maximum Gasteiger partial charge on any atom is 0.416 e. The van der Waals surface area contributed by atoms with E-state index in [-0.39, 0.29) is 37.6 Å². The molecule has 0 saturated carbocycles. The van der Waals surface area contributed by atoms with Crippen molar-refractivity contribution in [2.45, 2.75) is 20.0 Å². The van der Waals surface area contributed by atoms with Gasteiger partial charge in [0, 0.05) is 15.1 Å². The van der Waals surface area contributed by atoms with Gasteiger partial charge in [-0.15, -0.1) is 0 Å². The van der Waals surface area contributed by atoms with Crippen molar-refractivity contribution in [1.29, 1.82) is 0 Å². The van der Waals surface area contributed by atoms with E-state index in [1.165, 1.54) is 50.2 Å². The molecule has 41 heavy (non-hydrogen) atoms. The highest BCUT2D eigenvalue weighted by Gasteiger charge is 2.32. The van der Waals surface area contributed by atoms with Gasteiger partial charge in [0.25, 0.3) is 5.91 Å². The number of rotatable bonds is 7. The number of hydrogen-bond donors (Lipinski definition) is 2. The number of ketones is 1. The Labute approximate surface area is 249 Å². The Bertz CT molecular complexity index is 1610. The van der Waals surface area contributed by atoms with Gasteiger partial charge in [0.05, 0.1) is 22.4 Å². The van der Waals surface area contributed by atoms with Crippen molar-refractivity contribution in [3.8, 4) is 17.6 Å². The molecule has 0 radical (unpaired) electrons. The van der Waals surface area contributed by atoms with Gasteiger partial charge in [0.15, 0.2) is 18.2 Å². The van der Waals surface area contributed by atoms with Gasteiger partial charge in [-0.05, 0) is 62.4 Å². The van der Waals surface area contributed by atoms with Gasteiger partial charge in [0.1, 0.15) is 16.2 Å². The van der Waals surface area contributed by atoms with Crippen molar-refractivity contribution in [3.05, 3.63) is 91.1 Å². The van der Waals surface area contributed by atoms with Gasteiger partial charge < -0.3 is 15.2 Å². The largest absolute Gasteiger partial charge is 0.483 e. The molecule has 0 aliphatic heterocycles. The minimum Gasteiger partial charge on any atom is -0.483 e. The second kappa shape index (κ2) is 12.5. The Balaban J connectivity index is 1.79. The third kappa shape index (κ3) is 8.00. The summed E-state index contributed by atoms with van der Waals surface area (Å²) in [5.74, 6) is 0.858. The molecule has 0 heterocycles. The van der Waals surface area contributed by atoms with Crippen molar-refractivity contribution in [2.24, 2.45) is 5.41 Å². The number of benzene rings is 3. The molecule has 6 nitrogen and oxygen atoms in total.